The minimum atomic E-state index is -0.817. The number of pyridine rings is 1. The Morgan fingerprint density at radius 1 is 1.14 bits per heavy atom. The van der Waals surface area contributed by atoms with E-state index in [1.807, 2.05) is 13.8 Å². The van der Waals surface area contributed by atoms with Crippen molar-refractivity contribution in [2.75, 3.05) is 26.2 Å². The van der Waals surface area contributed by atoms with E-state index < -0.39 is 17.5 Å². The number of amides is 2. The number of hydrogen-bond donors (Lipinski definition) is 1. The normalized spacial score (nSPS) is 20.9. The third-order valence-electron chi connectivity index (χ3n) is 7.29. The molecule has 0 spiro atoms. The first-order valence-corrected chi connectivity index (χ1v) is 11.9. The van der Waals surface area contributed by atoms with Gasteiger partial charge in [-0.3, -0.25) is 14.4 Å². The number of aromatic amines is 1. The van der Waals surface area contributed by atoms with E-state index in [9.17, 15) is 18.8 Å². The van der Waals surface area contributed by atoms with Gasteiger partial charge in [-0.2, -0.15) is 0 Å². The molecule has 1 saturated carbocycles. The van der Waals surface area contributed by atoms with E-state index in [1.165, 1.54) is 27.5 Å². The monoisotopic (exact) mass is 493 g/mol. The highest BCUT2D eigenvalue weighted by Crippen LogP contribution is 2.60. The van der Waals surface area contributed by atoms with Gasteiger partial charge in [-0.05, 0) is 25.2 Å². The summed E-state index contributed by atoms with van der Waals surface area (Å²) < 4.78 is 16.1. The van der Waals surface area contributed by atoms with Crippen LogP contribution in [0, 0.1) is 23.1 Å². The molecule has 2 amide bonds. The maximum absolute atomic E-state index is 14.7. The van der Waals surface area contributed by atoms with E-state index in [0.29, 0.717) is 13.1 Å². The lowest BCUT2D eigenvalue weighted by atomic mass is 10.1. The minimum absolute atomic E-state index is 0.0241. The number of nitrogens with zero attached hydrogens (tertiary/aromatic N) is 6. The second-order valence-electron chi connectivity index (χ2n) is 10.2. The fourth-order valence-electron chi connectivity index (χ4n) is 5.17. The Morgan fingerprint density at radius 3 is 2.47 bits per heavy atom. The number of allylic oxidation sites excluding steroid dienone is 2. The summed E-state index contributed by atoms with van der Waals surface area (Å²) in [5.74, 6) is -1.77. The van der Waals surface area contributed by atoms with Crippen molar-refractivity contribution in [1.29, 1.82) is 0 Å². The minimum Gasteiger partial charge on any atom is -0.357 e. The van der Waals surface area contributed by atoms with Crippen molar-refractivity contribution >= 4 is 28.5 Å². The lowest BCUT2D eigenvalue weighted by Crippen LogP contribution is -2.52. The first kappa shape index (κ1) is 23.8. The highest BCUT2D eigenvalue weighted by atomic mass is 19.1. The summed E-state index contributed by atoms with van der Waals surface area (Å²) in [6.45, 7) is 9.46. The van der Waals surface area contributed by atoms with Gasteiger partial charge in [-0.1, -0.05) is 30.7 Å². The van der Waals surface area contributed by atoms with Crippen molar-refractivity contribution < 1.29 is 18.8 Å². The summed E-state index contributed by atoms with van der Waals surface area (Å²) in [6, 6.07) is 0. The van der Waals surface area contributed by atoms with E-state index in [-0.39, 0.29) is 58.5 Å². The molecule has 0 unspecified atom stereocenters. The van der Waals surface area contributed by atoms with Crippen molar-refractivity contribution in [2.45, 2.75) is 27.7 Å². The molecule has 2 aliphatic rings. The Hall–Kier alpha value is -3.89. The molecule has 1 N–H and O–H groups in total. The number of aromatic nitrogens is 5. The summed E-state index contributed by atoms with van der Waals surface area (Å²) in [5, 5.41) is 7.56. The number of piperazine rings is 1. The predicted molar refractivity (Wildman–Crippen MR) is 129 cm³/mol. The van der Waals surface area contributed by atoms with Crippen LogP contribution in [0.1, 0.15) is 38.1 Å². The molecular weight excluding hydrogens is 465 g/mol. The molecule has 1 aliphatic heterocycles. The zero-order valence-electron chi connectivity index (χ0n) is 20.7. The molecule has 0 aromatic carbocycles. The Morgan fingerprint density at radius 2 is 1.83 bits per heavy atom. The average Bonchev–Trinajstić information content (AvgIpc) is 3.30. The molecule has 1 aliphatic carbocycles. The molecule has 3 aromatic heterocycles. The van der Waals surface area contributed by atoms with Gasteiger partial charge in [0.15, 0.2) is 11.6 Å². The molecule has 1 saturated heterocycles. The Labute approximate surface area is 207 Å². The van der Waals surface area contributed by atoms with Crippen LogP contribution in [0.5, 0.6) is 0 Å². The summed E-state index contributed by atoms with van der Waals surface area (Å²) in [7, 11) is 0. The third-order valence-corrected chi connectivity index (χ3v) is 7.29. The van der Waals surface area contributed by atoms with Crippen LogP contribution in [0.3, 0.4) is 0 Å². The van der Waals surface area contributed by atoms with Gasteiger partial charge >= 0.3 is 0 Å². The molecule has 11 heteroatoms. The van der Waals surface area contributed by atoms with E-state index in [1.54, 1.807) is 11.1 Å². The number of hydrogen-bond acceptors (Lipinski definition) is 6. The Bertz CT molecular complexity index is 1380. The number of carbonyl (C=O) groups is 3. The van der Waals surface area contributed by atoms with Crippen molar-refractivity contribution in [3.63, 3.8) is 0 Å². The first-order chi connectivity index (χ1) is 17.1. The summed E-state index contributed by atoms with van der Waals surface area (Å²) in [4.78, 5) is 49.4. The smallest absolute Gasteiger partial charge is 0.295 e. The highest BCUT2D eigenvalue weighted by Gasteiger charge is 2.61. The zero-order valence-corrected chi connectivity index (χ0v) is 20.7. The van der Waals surface area contributed by atoms with Crippen LogP contribution in [-0.4, -0.2) is 78.5 Å². The topological polar surface area (TPSA) is 117 Å². The number of nitrogens with one attached hydrogen (secondary N) is 1. The van der Waals surface area contributed by atoms with Crippen molar-refractivity contribution in [2.24, 2.45) is 17.3 Å². The second-order valence-corrected chi connectivity index (χ2v) is 10.2. The van der Waals surface area contributed by atoms with E-state index in [0.717, 1.165) is 6.20 Å². The van der Waals surface area contributed by atoms with Crippen LogP contribution < -0.4 is 0 Å². The van der Waals surface area contributed by atoms with Crippen molar-refractivity contribution in [3.05, 3.63) is 47.8 Å². The van der Waals surface area contributed by atoms with E-state index >= 15 is 0 Å². The van der Waals surface area contributed by atoms with Gasteiger partial charge in [0.1, 0.15) is 0 Å². The average molecular weight is 494 g/mol. The number of H-pyrrole nitrogens is 1. The first-order valence-electron chi connectivity index (χ1n) is 11.9. The SMILES string of the molecule is CC(C)=C[C@@H]1[C@@H](C(=O)N2CCN(C(=O)C(=O)c3c[nH]c4c(-n5ccnn5)ncc(F)c34)CC2)C1(C)C. The van der Waals surface area contributed by atoms with Crippen LogP contribution in [-0.2, 0) is 9.59 Å². The maximum Gasteiger partial charge on any atom is 0.295 e. The maximum atomic E-state index is 14.7. The van der Waals surface area contributed by atoms with Crippen LogP contribution >= 0.6 is 0 Å². The van der Waals surface area contributed by atoms with Crippen molar-refractivity contribution in [3.8, 4) is 5.82 Å². The molecule has 0 bridgehead atoms. The quantitative estimate of drug-likeness (QED) is 0.331. The lowest BCUT2D eigenvalue weighted by molar-refractivity contribution is -0.138. The lowest BCUT2D eigenvalue weighted by Gasteiger charge is -2.34. The molecular formula is C25H28FN7O3. The molecule has 10 nitrogen and oxygen atoms in total. The largest absolute Gasteiger partial charge is 0.357 e. The third kappa shape index (κ3) is 3.88. The Kier molecular flexibility index (Phi) is 5.73. The number of ketones is 1. The van der Waals surface area contributed by atoms with Gasteiger partial charge in [0.2, 0.25) is 5.91 Å². The molecule has 3 aromatic rings. The molecule has 2 atom stereocenters. The van der Waals surface area contributed by atoms with Gasteiger partial charge in [0.05, 0.1) is 41.0 Å². The number of carbonyl (C=O) groups excluding carboxylic acids is 3. The summed E-state index contributed by atoms with van der Waals surface area (Å²) in [5.41, 5.74) is 1.27. The Balaban J connectivity index is 1.29. The van der Waals surface area contributed by atoms with E-state index in [4.69, 9.17) is 0 Å². The fraction of sp³-hybridized carbons (Fsp3) is 0.440. The van der Waals surface area contributed by atoms with Gasteiger partial charge in [-0.25, -0.2) is 14.1 Å². The molecule has 4 heterocycles. The van der Waals surface area contributed by atoms with E-state index in [2.05, 4.69) is 40.2 Å². The number of fused-ring (bicyclic) bond motifs is 1. The molecule has 0 radical (unpaired) electrons. The summed E-state index contributed by atoms with van der Waals surface area (Å²) >= 11 is 0. The van der Waals surface area contributed by atoms with Gasteiger partial charge in [0.25, 0.3) is 11.7 Å². The number of Topliss-reactive ketones (excluding diaryl/α,β-unsaturated/α-hetero) is 1. The predicted octanol–water partition coefficient (Wildman–Crippen LogP) is 2.37. The standard InChI is InChI=1S/C25H28FN7O3/c1-14(2)11-16-19(25(16,3)4)23(35)31-7-9-32(10-8-31)24(36)21(34)15-12-27-20-18(15)17(26)13-28-22(20)33-6-5-29-30-33/h5-6,11-13,16,19,27H,7-10H2,1-4H3/t16-,19+/m1/s1. The van der Waals surface area contributed by atoms with Crippen LogP contribution in [0.4, 0.5) is 4.39 Å². The molecule has 2 fully saturated rings. The molecule has 188 valence electrons. The molecule has 36 heavy (non-hydrogen) atoms. The van der Waals surface area contributed by atoms with Crippen LogP contribution in [0.25, 0.3) is 16.7 Å². The second kappa shape index (κ2) is 8.65. The van der Waals surface area contributed by atoms with Gasteiger partial charge < -0.3 is 14.8 Å². The van der Waals surface area contributed by atoms with Crippen LogP contribution in [0.15, 0.2) is 36.4 Å². The van der Waals surface area contributed by atoms with Gasteiger partial charge in [0, 0.05) is 32.4 Å². The number of rotatable bonds is 5. The molecule has 5 rings (SSSR count). The fourth-order valence-corrected chi connectivity index (χ4v) is 5.17. The summed E-state index contributed by atoms with van der Waals surface area (Å²) in [6.07, 6.45) is 7.45. The highest BCUT2D eigenvalue weighted by molar-refractivity contribution is 6.45. The number of halogens is 1. The zero-order chi connectivity index (χ0) is 25.8. The van der Waals surface area contributed by atoms with Gasteiger partial charge in [-0.15, -0.1) is 5.10 Å². The van der Waals surface area contributed by atoms with Crippen molar-refractivity contribution in [1.82, 2.24) is 34.8 Å². The van der Waals surface area contributed by atoms with Crippen LogP contribution in [0.2, 0.25) is 0 Å².